The topological polar surface area (TPSA) is 218 Å². The van der Waals surface area contributed by atoms with Crippen molar-refractivity contribution >= 4 is 16.8 Å². The van der Waals surface area contributed by atoms with E-state index in [1.807, 2.05) is 0 Å². The minimum absolute atomic E-state index is 0.0322. The van der Waals surface area contributed by atoms with Gasteiger partial charge in [-0.3, -0.25) is 9.59 Å². The zero-order chi connectivity index (χ0) is 30.0. The predicted octanol–water partition coefficient (Wildman–Crippen LogP) is 4.48. The van der Waals surface area contributed by atoms with Gasteiger partial charge in [-0.25, -0.2) is 0 Å². The molecule has 12 heteroatoms. The van der Waals surface area contributed by atoms with Crippen LogP contribution in [0.1, 0.15) is 28.4 Å². The Bertz CT molecular complexity index is 2020. The van der Waals surface area contributed by atoms with Gasteiger partial charge in [-0.1, -0.05) is 0 Å². The number of hydrogen-bond donors (Lipinski definition) is 8. The summed E-state index contributed by atoms with van der Waals surface area (Å²) in [6.07, 6.45) is -1.57. The minimum atomic E-state index is -1.19. The van der Waals surface area contributed by atoms with Gasteiger partial charge in [0.25, 0.3) is 0 Å². The van der Waals surface area contributed by atoms with Gasteiger partial charge in [0.1, 0.15) is 51.6 Å². The van der Waals surface area contributed by atoms with Crippen LogP contribution in [0.3, 0.4) is 0 Å². The third kappa shape index (κ3) is 4.09. The maximum absolute atomic E-state index is 13.2. The second-order valence-electron chi connectivity index (χ2n) is 9.67. The van der Waals surface area contributed by atoms with Gasteiger partial charge in [0, 0.05) is 41.0 Å². The first-order valence-corrected chi connectivity index (χ1v) is 12.3. The van der Waals surface area contributed by atoms with Gasteiger partial charge in [0.2, 0.25) is 0 Å². The lowest BCUT2D eigenvalue weighted by Gasteiger charge is -2.28. The molecule has 2 heterocycles. The van der Waals surface area contributed by atoms with Crippen LogP contribution >= 0.6 is 0 Å². The van der Waals surface area contributed by atoms with Gasteiger partial charge in [-0.2, -0.15) is 0 Å². The quantitative estimate of drug-likeness (QED) is 0.140. The van der Waals surface area contributed by atoms with Gasteiger partial charge < -0.3 is 50.0 Å². The number of carbonyl (C=O) groups excluding carboxylic acids is 1. The Hall–Kier alpha value is -6.04. The number of fused-ring (bicyclic) bond motifs is 2. The normalized spacial score (nSPS) is 14.5. The molecule has 4 aromatic carbocycles. The van der Waals surface area contributed by atoms with Crippen LogP contribution in [0.5, 0.6) is 51.7 Å². The number of phenolic OH excluding ortho intramolecular Hbond substituents is 8. The van der Waals surface area contributed by atoms with Crippen LogP contribution in [0.25, 0.3) is 33.4 Å². The lowest BCUT2D eigenvalue weighted by molar-refractivity contribution is 0.0845. The first-order chi connectivity index (χ1) is 19.9. The van der Waals surface area contributed by atoms with Crippen molar-refractivity contribution in [3.63, 3.8) is 0 Å². The van der Waals surface area contributed by atoms with Crippen LogP contribution < -0.4 is 10.2 Å². The van der Waals surface area contributed by atoms with Crippen molar-refractivity contribution in [3.8, 4) is 74.2 Å². The second-order valence-corrected chi connectivity index (χ2v) is 9.67. The van der Waals surface area contributed by atoms with Gasteiger partial charge in [0.15, 0.2) is 39.8 Å². The van der Waals surface area contributed by atoms with E-state index in [1.165, 1.54) is 6.07 Å². The summed E-state index contributed by atoms with van der Waals surface area (Å²) >= 11 is 0. The highest BCUT2D eigenvalue weighted by Gasteiger charge is 2.34. The Morgan fingerprint density at radius 3 is 2.07 bits per heavy atom. The van der Waals surface area contributed by atoms with Crippen LogP contribution in [0, 0.1) is 0 Å². The van der Waals surface area contributed by atoms with Crippen LogP contribution in [0.15, 0.2) is 63.8 Å². The highest BCUT2D eigenvalue weighted by molar-refractivity contribution is 6.04. The molecule has 0 saturated heterocycles. The van der Waals surface area contributed by atoms with E-state index in [1.54, 1.807) is 0 Å². The average Bonchev–Trinajstić information content (AvgIpc) is 2.90. The number of Topliss-reactive ketones (excluding diaryl/α,β-unsaturated/α-hetero) is 1. The summed E-state index contributed by atoms with van der Waals surface area (Å²) in [5, 5.41) is 81.8. The number of carbonyl (C=O) groups is 1. The largest absolute Gasteiger partial charge is 0.508 e. The fraction of sp³-hybridized carbons (Fsp3) is 0.0667. The van der Waals surface area contributed by atoms with Gasteiger partial charge >= 0.3 is 0 Å². The zero-order valence-corrected chi connectivity index (χ0v) is 21.2. The van der Waals surface area contributed by atoms with E-state index < -0.39 is 57.6 Å². The van der Waals surface area contributed by atoms with Crippen molar-refractivity contribution in [1.82, 2.24) is 0 Å². The number of benzene rings is 4. The molecule has 0 spiro atoms. The fourth-order valence-corrected chi connectivity index (χ4v) is 5.06. The summed E-state index contributed by atoms with van der Waals surface area (Å²) in [5.41, 5.74) is -1.37. The molecule has 1 atom stereocenters. The monoisotopic (exact) mass is 572 g/mol. The molecule has 42 heavy (non-hydrogen) atoms. The predicted molar refractivity (Wildman–Crippen MR) is 145 cm³/mol. The van der Waals surface area contributed by atoms with E-state index in [-0.39, 0.29) is 62.5 Å². The molecule has 1 aromatic heterocycles. The third-order valence-electron chi connectivity index (χ3n) is 6.97. The molecule has 0 saturated carbocycles. The summed E-state index contributed by atoms with van der Waals surface area (Å²) in [5.74, 6) is -5.17. The SMILES string of the molecule is O=C1C[C@H](c2cc(O)c(O)cc2-c2c(O)cc(O)c3c(=O)cc(-c4ccc(O)c(O)c4)oc23)Oc2cc(O)cc(O)c21. The Balaban J connectivity index is 1.62. The number of phenols is 8. The summed E-state index contributed by atoms with van der Waals surface area (Å²) in [6, 6.07) is 9.77. The highest BCUT2D eigenvalue weighted by atomic mass is 16.5. The number of rotatable bonds is 3. The molecule has 1 aliphatic rings. The lowest BCUT2D eigenvalue weighted by atomic mass is 9.89. The summed E-state index contributed by atoms with van der Waals surface area (Å²) in [7, 11) is 0. The Kier molecular flexibility index (Phi) is 5.78. The van der Waals surface area contributed by atoms with Crippen LogP contribution in [-0.2, 0) is 0 Å². The first kappa shape index (κ1) is 26.2. The molecule has 6 rings (SSSR count). The molecular formula is C30H20O12. The van der Waals surface area contributed by atoms with Crippen molar-refractivity contribution in [3.05, 3.63) is 75.9 Å². The van der Waals surface area contributed by atoms with Crippen molar-refractivity contribution in [2.24, 2.45) is 0 Å². The number of ether oxygens (including phenoxy) is 1. The van der Waals surface area contributed by atoms with Crippen molar-refractivity contribution < 1.29 is 54.8 Å². The van der Waals surface area contributed by atoms with E-state index in [9.17, 15) is 50.4 Å². The maximum Gasteiger partial charge on any atom is 0.197 e. The van der Waals surface area contributed by atoms with E-state index in [0.29, 0.717) is 0 Å². The highest BCUT2D eigenvalue weighted by Crippen LogP contribution is 2.49. The molecule has 0 unspecified atom stereocenters. The molecule has 0 bridgehead atoms. The van der Waals surface area contributed by atoms with Gasteiger partial charge in [-0.05, 0) is 30.3 Å². The summed E-state index contributed by atoms with van der Waals surface area (Å²) in [4.78, 5) is 26.2. The molecule has 8 N–H and O–H groups in total. The molecular weight excluding hydrogens is 552 g/mol. The van der Waals surface area contributed by atoms with Crippen LogP contribution in [0.2, 0.25) is 0 Å². The molecule has 212 valence electrons. The molecule has 0 aliphatic carbocycles. The van der Waals surface area contributed by atoms with Crippen molar-refractivity contribution in [1.29, 1.82) is 0 Å². The fourth-order valence-electron chi connectivity index (χ4n) is 5.06. The Labute approximate surface area is 234 Å². The first-order valence-electron chi connectivity index (χ1n) is 12.3. The molecule has 0 fully saturated rings. The third-order valence-corrected chi connectivity index (χ3v) is 6.97. The van der Waals surface area contributed by atoms with E-state index in [0.717, 1.165) is 48.5 Å². The van der Waals surface area contributed by atoms with Gasteiger partial charge in [-0.15, -0.1) is 0 Å². The molecule has 0 radical (unpaired) electrons. The average molecular weight is 572 g/mol. The Morgan fingerprint density at radius 2 is 1.33 bits per heavy atom. The van der Waals surface area contributed by atoms with Gasteiger partial charge in [0.05, 0.1) is 12.0 Å². The molecule has 12 nitrogen and oxygen atoms in total. The summed E-state index contributed by atoms with van der Waals surface area (Å²) in [6.45, 7) is 0. The zero-order valence-electron chi connectivity index (χ0n) is 21.2. The summed E-state index contributed by atoms with van der Waals surface area (Å²) < 4.78 is 11.9. The standard InChI is InChI=1S/C30H20O12/c31-12-4-19(36)28-22(39)10-25(41-26(28)5-12)13-6-17(34)18(35)7-14(13)27-20(37)8-21(38)29-23(40)9-24(42-30(27)29)11-1-2-15(32)16(33)3-11/h1-9,25,31-38H,10H2/t25-/m1/s1. The molecule has 5 aromatic rings. The number of hydrogen-bond acceptors (Lipinski definition) is 12. The minimum Gasteiger partial charge on any atom is -0.508 e. The number of aromatic hydroxyl groups is 8. The van der Waals surface area contributed by atoms with E-state index in [2.05, 4.69) is 0 Å². The van der Waals surface area contributed by atoms with E-state index >= 15 is 0 Å². The van der Waals surface area contributed by atoms with Crippen LogP contribution in [-0.4, -0.2) is 46.6 Å². The van der Waals surface area contributed by atoms with Crippen LogP contribution in [0.4, 0.5) is 0 Å². The molecule has 0 amide bonds. The van der Waals surface area contributed by atoms with Crippen molar-refractivity contribution in [2.75, 3.05) is 0 Å². The maximum atomic E-state index is 13.2. The second kappa shape index (κ2) is 9.27. The lowest BCUT2D eigenvalue weighted by Crippen LogP contribution is -2.21. The number of ketones is 1. The Morgan fingerprint density at radius 1 is 0.643 bits per heavy atom. The van der Waals surface area contributed by atoms with Crippen molar-refractivity contribution in [2.45, 2.75) is 12.5 Å². The van der Waals surface area contributed by atoms with E-state index in [4.69, 9.17) is 9.15 Å². The smallest absolute Gasteiger partial charge is 0.197 e. The molecule has 1 aliphatic heterocycles.